The summed E-state index contributed by atoms with van der Waals surface area (Å²) in [4.78, 5) is 13.1. The number of ether oxygens (including phenoxy) is 1. The lowest BCUT2D eigenvalue weighted by Gasteiger charge is -2.16. The van der Waals surface area contributed by atoms with Crippen LogP contribution in [0.5, 0.6) is 5.75 Å². The number of hydrogen-bond acceptors (Lipinski definition) is 2. The summed E-state index contributed by atoms with van der Waals surface area (Å²) in [5.74, 6) is 0.968. The third-order valence-electron chi connectivity index (χ3n) is 2.44. The molecule has 1 amide bonds. The zero-order chi connectivity index (χ0) is 12.7. The molecule has 1 aromatic carbocycles. The Bertz CT molecular complexity index is 370. The van der Waals surface area contributed by atoms with Crippen LogP contribution in [0.1, 0.15) is 18.9 Å². The normalized spacial score (nSPS) is 9.76. The van der Waals surface area contributed by atoms with E-state index in [-0.39, 0.29) is 5.91 Å². The number of carbonyl (C=O) groups is 1. The van der Waals surface area contributed by atoms with Gasteiger partial charge in [-0.25, -0.2) is 0 Å². The van der Waals surface area contributed by atoms with Crippen LogP contribution in [0, 0.1) is 0 Å². The number of hydrogen-bond donors (Lipinski definition) is 0. The predicted octanol–water partition coefficient (Wildman–Crippen LogP) is 2.62. The fraction of sp³-hybridized carbons (Fsp3) is 0.357. The highest BCUT2D eigenvalue weighted by Gasteiger charge is 2.06. The van der Waals surface area contributed by atoms with Crippen LogP contribution < -0.4 is 4.74 Å². The molecular weight excluding hydrogens is 214 g/mol. The quantitative estimate of drug-likeness (QED) is 0.707. The van der Waals surface area contributed by atoms with Crippen LogP contribution in [0.3, 0.4) is 0 Å². The first-order chi connectivity index (χ1) is 8.17. The number of amides is 1. The molecule has 0 radical (unpaired) electrons. The molecule has 0 atom stereocenters. The number of carbonyl (C=O) groups excluding carboxylic acids is 1. The van der Waals surface area contributed by atoms with Crippen molar-refractivity contribution in [3.8, 4) is 5.75 Å². The van der Waals surface area contributed by atoms with E-state index in [9.17, 15) is 4.79 Å². The predicted molar refractivity (Wildman–Crippen MR) is 68.9 cm³/mol. The van der Waals surface area contributed by atoms with Crippen molar-refractivity contribution in [3.63, 3.8) is 0 Å². The van der Waals surface area contributed by atoms with E-state index in [1.807, 2.05) is 38.2 Å². The highest BCUT2D eigenvalue weighted by Crippen LogP contribution is 2.13. The molecule has 3 nitrogen and oxygen atoms in total. The van der Waals surface area contributed by atoms with Gasteiger partial charge >= 0.3 is 0 Å². The Hall–Kier alpha value is -1.77. The highest BCUT2D eigenvalue weighted by atomic mass is 16.5. The molecule has 0 aliphatic rings. The van der Waals surface area contributed by atoms with Crippen LogP contribution in [0.2, 0.25) is 0 Å². The second-order valence-corrected chi connectivity index (χ2v) is 3.85. The smallest absolute Gasteiger partial charge is 0.222 e. The Balaban J connectivity index is 2.55. The van der Waals surface area contributed by atoms with Crippen LogP contribution in [0.15, 0.2) is 36.9 Å². The largest absolute Gasteiger partial charge is 0.490 e. The molecule has 0 saturated heterocycles. The van der Waals surface area contributed by atoms with Crippen molar-refractivity contribution in [2.75, 3.05) is 13.7 Å². The zero-order valence-electron chi connectivity index (χ0n) is 10.5. The second kappa shape index (κ2) is 6.74. The van der Waals surface area contributed by atoms with E-state index in [0.717, 1.165) is 11.3 Å². The van der Waals surface area contributed by atoms with Gasteiger partial charge in [-0.15, -0.1) is 0 Å². The molecule has 0 bridgehead atoms. The Morgan fingerprint density at radius 3 is 2.59 bits per heavy atom. The number of benzene rings is 1. The first-order valence-electron chi connectivity index (χ1n) is 5.74. The Morgan fingerprint density at radius 1 is 1.41 bits per heavy atom. The third-order valence-corrected chi connectivity index (χ3v) is 2.44. The molecule has 0 N–H and O–H groups in total. The summed E-state index contributed by atoms with van der Waals surface area (Å²) in [6, 6.07) is 7.75. The zero-order valence-corrected chi connectivity index (χ0v) is 10.5. The molecule has 0 spiro atoms. The Morgan fingerprint density at radius 2 is 2.06 bits per heavy atom. The lowest BCUT2D eigenvalue weighted by atomic mass is 10.2. The van der Waals surface area contributed by atoms with Crippen LogP contribution in [0.4, 0.5) is 0 Å². The lowest BCUT2D eigenvalue weighted by molar-refractivity contribution is -0.130. The summed E-state index contributed by atoms with van der Waals surface area (Å²) in [6.45, 7) is 6.60. The summed E-state index contributed by atoms with van der Waals surface area (Å²) >= 11 is 0. The molecule has 0 saturated carbocycles. The summed E-state index contributed by atoms with van der Waals surface area (Å²) in [5.41, 5.74) is 1.10. The van der Waals surface area contributed by atoms with Gasteiger partial charge in [0.05, 0.1) is 0 Å². The van der Waals surface area contributed by atoms with Gasteiger partial charge in [0.15, 0.2) is 0 Å². The summed E-state index contributed by atoms with van der Waals surface area (Å²) in [7, 11) is 1.81. The fourth-order valence-electron chi connectivity index (χ4n) is 1.48. The second-order valence-electron chi connectivity index (χ2n) is 3.85. The topological polar surface area (TPSA) is 29.5 Å². The minimum absolute atomic E-state index is 0.150. The van der Waals surface area contributed by atoms with E-state index in [2.05, 4.69) is 6.58 Å². The summed E-state index contributed by atoms with van der Waals surface area (Å²) < 4.78 is 5.39. The molecule has 92 valence electrons. The van der Waals surface area contributed by atoms with Gasteiger partial charge in [-0.1, -0.05) is 31.7 Å². The summed E-state index contributed by atoms with van der Waals surface area (Å²) in [5, 5.41) is 0. The van der Waals surface area contributed by atoms with Gasteiger partial charge in [0.25, 0.3) is 0 Å². The van der Waals surface area contributed by atoms with E-state index in [1.54, 1.807) is 11.0 Å². The number of nitrogens with zero attached hydrogens (tertiary/aromatic N) is 1. The van der Waals surface area contributed by atoms with E-state index in [0.29, 0.717) is 19.6 Å². The van der Waals surface area contributed by atoms with Crippen LogP contribution >= 0.6 is 0 Å². The van der Waals surface area contributed by atoms with Crippen molar-refractivity contribution >= 4 is 5.91 Å². The van der Waals surface area contributed by atoms with Gasteiger partial charge in [0.1, 0.15) is 12.4 Å². The molecule has 0 aliphatic carbocycles. The van der Waals surface area contributed by atoms with Gasteiger partial charge in [0, 0.05) is 20.0 Å². The molecule has 1 aromatic rings. The van der Waals surface area contributed by atoms with Crippen molar-refractivity contribution in [2.24, 2.45) is 0 Å². The molecule has 3 heteroatoms. The van der Waals surface area contributed by atoms with Crippen molar-refractivity contribution in [1.82, 2.24) is 4.90 Å². The van der Waals surface area contributed by atoms with E-state index in [4.69, 9.17) is 4.74 Å². The van der Waals surface area contributed by atoms with Crippen molar-refractivity contribution < 1.29 is 9.53 Å². The van der Waals surface area contributed by atoms with Crippen molar-refractivity contribution in [2.45, 2.75) is 19.9 Å². The van der Waals surface area contributed by atoms with Gasteiger partial charge in [0.2, 0.25) is 5.91 Å². The average Bonchev–Trinajstić information content (AvgIpc) is 2.37. The van der Waals surface area contributed by atoms with Crippen LogP contribution in [0.25, 0.3) is 0 Å². The maximum Gasteiger partial charge on any atom is 0.222 e. The van der Waals surface area contributed by atoms with E-state index in [1.165, 1.54) is 0 Å². The highest BCUT2D eigenvalue weighted by molar-refractivity contribution is 5.75. The van der Waals surface area contributed by atoms with Crippen molar-refractivity contribution in [1.29, 1.82) is 0 Å². The molecular formula is C14H19NO2. The standard InChI is InChI=1S/C14H19NO2/c1-4-10-17-13-8-6-12(7-9-13)11-15(3)14(16)5-2/h4,6-9H,1,5,10-11H2,2-3H3. The molecule has 1 rings (SSSR count). The maximum absolute atomic E-state index is 11.4. The van der Waals surface area contributed by atoms with Gasteiger partial charge < -0.3 is 9.64 Å². The Labute approximate surface area is 103 Å². The van der Waals surface area contributed by atoms with Crippen molar-refractivity contribution in [3.05, 3.63) is 42.5 Å². The Kier molecular flexibility index (Phi) is 5.27. The minimum Gasteiger partial charge on any atom is -0.490 e. The van der Waals surface area contributed by atoms with Gasteiger partial charge in [-0.2, -0.15) is 0 Å². The van der Waals surface area contributed by atoms with Gasteiger partial charge in [-0.05, 0) is 17.7 Å². The first kappa shape index (κ1) is 13.3. The van der Waals surface area contributed by atoms with E-state index < -0.39 is 0 Å². The molecule has 0 heterocycles. The SMILES string of the molecule is C=CCOc1ccc(CN(C)C(=O)CC)cc1. The molecule has 0 unspecified atom stereocenters. The first-order valence-corrected chi connectivity index (χ1v) is 5.74. The maximum atomic E-state index is 11.4. The van der Waals surface area contributed by atoms with Crippen LogP contribution in [-0.4, -0.2) is 24.5 Å². The molecule has 0 fully saturated rings. The monoisotopic (exact) mass is 233 g/mol. The van der Waals surface area contributed by atoms with Gasteiger partial charge in [-0.3, -0.25) is 4.79 Å². The molecule has 17 heavy (non-hydrogen) atoms. The third kappa shape index (κ3) is 4.31. The lowest BCUT2D eigenvalue weighted by Crippen LogP contribution is -2.25. The number of rotatable bonds is 6. The molecule has 0 aromatic heterocycles. The summed E-state index contributed by atoms with van der Waals surface area (Å²) in [6.07, 6.45) is 2.25. The van der Waals surface area contributed by atoms with Crippen LogP contribution in [-0.2, 0) is 11.3 Å². The van der Waals surface area contributed by atoms with E-state index >= 15 is 0 Å². The minimum atomic E-state index is 0.150. The molecule has 0 aliphatic heterocycles. The average molecular weight is 233 g/mol. The fourth-order valence-corrected chi connectivity index (χ4v) is 1.48.